The Morgan fingerprint density at radius 1 is 0.913 bits per heavy atom. The van der Waals surface area contributed by atoms with Gasteiger partial charge in [0.05, 0.1) is 6.07 Å². The highest BCUT2D eigenvalue weighted by molar-refractivity contribution is 6.07. The molecule has 2 aromatic carbocycles. The minimum absolute atomic E-state index is 0.268. The maximum atomic E-state index is 9.69. The highest BCUT2D eigenvalue weighted by Crippen LogP contribution is 2.36. The average molecular weight is 304 g/mol. The molecule has 0 atom stereocenters. The Morgan fingerprint density at radius 2 is 1.70 bits per heavy atom. The summed E-state index contributed by atoms with van der Waals surface area (Å²) in [7, 11) is 4.04. The summed E-state index contributed by atoms with van der Waals surface area (Å²) >= 11 is 0. The summed E-state index contributed by atoms with van der Waals surface area (Å²) < 4.78 is 8.33. The van der Waals surface area contributed by atoms with Crippen molar-refractivity contribution in [1.82, 2.24) is 4.58 Å². The SMILES string of the molecule is Cc1c2ccc(=[N+](C)C)cc-2oc2c1ccc1cc(O)ccc12. The van der Waals surface area contributed by atoms with Crippen LogP contribution in [0, 0.1) is 6.92 Å². The van der Waals surface area contributed by atoms with Crippen LogP contribution in [0.25, 0.3) is 33.1 Å². The van der Waals surface area contributed by atoms with Crippen LogP contribution in [-0.4, -0.2) is 19.2 Å². The molecule has 0 fully saturated rings. The molecule has 0 amide bonds. The number of phenols is 1. The third-order valence-electron chi connectivity index (χ3n) is 4.46. The molecule has 0 aromatic heterocycles. The molecule has 1 N–H and O–H groups in total. The van der Waals surface area contributed by atoms with E-state index in [1.54, 1.807) is 12.1 Å². The molecule has 0 saturated carbocycles. The average Bonchev–Trinajstić information content (AvgIpc) is 2.54. The minimum atomic E-state index is 0.268. The number of fused-ring (bicyclic) bond motifs is 4. The van der Waals surface area contributed by atoms with E-state index < -0.39 is 0 Å². The molecule has 1 heterocycles. The van der Waals surface area contributed by atoms with E-state index in [4.69, 9.17) is 4.42 Å². The monoisotopic (exact) mass is 304 g/mol. The minimum Gasteiger partial charge on any atom is -0.508 e. The van der Waals surface area contributed by atoms with Gasteiger partial charge in [0.2, 0.25) is 5.36 Å². The van der Waals surface area contributed by atoms with Crippen LogP contribution in [0.2, 0.25) is 0 Å². The van der Waals surface area contributed by atoms with E-state index in [1.165, 1.54) is 5.56 Å². The number of benzene rings is 3. The van der Waals surface area contributed by atoms with Crippen LogP contribution in [0.3, 0.4) is 0 Å². The topological polar surface area (TPSA) is 36.4 Å². The van der Waals surface area contributed by atoms with Gasteiger partial charge in [-0.15, -0.1) is 0 Å². The zero-order valence-corrected chi connectivity index (χ0v) is 13.4. The summed E-state index contributed by atoms with van der Waals surface area (Å²) in [6, 6.07) is 15.8. The van der Waals surface area contributed by atoms with Crippen molar-refractivity contribution in [3.05, 3.63) is 59.5 Å². The summed E-state index contributed by atoms with van der Waals surface area (Å²) in [5, 5.41) is 13.9. The van der Waals surface area contributed by atoms with Crippen LogP contribution >= 0.6 is 0 Å². The van der Waals surface area contributed by atoms with Crippen LogP contribution in [0.15, 0.2) is 52.9 Å². The Balaban J connectivity index is 2.22. The fourth-order valence-corrected chi connectivity index (χ4v) is 3.13. The molecular formula is C20H18NO2+. The Morgan fingerprint density at radius 3 is 2.48 bits per heavy atom. The van der Waals surface area contributed by atoms with Gasteiger partial charge in [0, 0.05) is 22.4 Å². The zero-order chi connectivity index (χ0) is 16.1. The van der Waals surface area contributed by atoms with Gasteiger partial charge >= 0.3 is 0 Å². The van der Waals surface area contributed by atoms with Gasteiger partial charge in [-0.25, -0.2) is 4.58 Å². The van der Waals surface area contributed by atoms with Crippen molar-refractivity contribution < 1.29 is 9.52 Å². The molecule has 4 rings (SSSR count). The highest BCUT2D eigenvalue weighted by Gasteiger charge is 2.15. The van der Waals surface area contributed by atoms with Gasteiger partial charge in [-0.2, -0.15) is 0 Å². The number of nitrogens with zero attached hydrogens (tertiary/aromatic N) is 1. The maximum Gasteiger partial charge on any atom is 0.203 e. The first kappa shape index (κ1) is 13.8. The normalized spacial score (nSPS) is 11.4. The van der Waals surface area contributed by atoms with Gasteiger partial charge in [-0.05, 0) is 42.1 Å². The van der Waals surface area contributed by atoms with E-state index in [9.17, 15) is 5.11 Å². The van der Waals surface area contributed by atoms with Crippen molar-refractivity contribution in [2.45, 2.75) is 6.92 Å². The first-order valence-corrected chi connectivity index (χ1v) is 7.64. The Bertz CT molecular complexity index is 1100. The molecular weight excluding hydrogens is 286 g/mol. The third-order valence-corrected chi connectivity index (χ3v) is 4.46. The van der Waals surface area contributed by atoms with Crippen molar-refractivity contribution in [3.8, 4) is 17.1 Å². The van der Waals surface area contributed by atoms with E-state index in [-0.39, 0.29) is 5.75 Å². The second-order valence-electron chi connectivity index (χ2n) is 6.15. The number of aryl methyl sites for hydroxylation is 1. The van der Waals surface area contributed by atoms with E-state index >= 15 is 0 Å². The fourth-order valence-electron chi connectivity index (χ4n) is 3.13. The number of aromatic hydroxyl groups is 1. The second kappa shape index (κ2) is 4.85. The molecule has 0 saturated heterocycles. The quantitative estimate of drug-likeness (QED) is 0.305. The molecule has 2 aliphatic rings. The fraction of sp³-hybridized carbons (Fsp3) is 0.150. The van der Waals surface area contributed by atoms with Gasteiger partial charge in [-0.1, -0.05) is 12.1 Å². The van der Waals surface area contributed by atoms with Gasteiger partial charge < -0.3 is 9.52 Å². The first-order chi connectivity index (χ1) is 11.0. The molecule has 2 aromatic rings. The Kier molecular flexibility index (Phi) is 2.91. The van der Waals surface area contributed by atoms with Gasteiger partial charge in [0.25, 0.3) is 0 Å². The summed E-state index contributed by atoms with van der Waals surface area (Å²) in [5.41, 5.74) is 3.20. The maximum absolute atomic E-state index is 9.69. The summed E-state index contributed by atoms with van der Waals surface area (Å²) in [4.78, 5) is 0. The number of phenolic OH excluding ortho intramolecular Hbond substituents is 1. The molecule has 3 nitrogen and oxygen atoms in total. The number of rotatable bonds is 0. The summed E-state index contributed by atoms with van der Waals surface area (Å²) in [6.45, 7) is 2.13. The molecule has 0 radical (unpaired) electrons. The molecule has 0 spiro atoms. The lowest BCUT2D eigenvalue weighted by atomic mass is 9.98. The lowest BCUT2D eigenvalue weighted by molar-refractivity contribution is 0.476. The van der Waals surface area contributed by atoms with E-state index in [2.05, 4.69) is 35.8 Å². The van der Waals surface area contributed by atoms with E-state index in [0.717, 1.165) is 38.4 Å². The second-order valence-corrected chi connectivity index (χ2v) is 6.15. The standard InChI is InChI=1S/C20H17NO2/c1-12-16-8-5-14(21(2)3)11-19(16)23-20-17(12)7-4-13-10-15(22)6-9-18(13)20/h4-11H,1-3H3/p+1. The third kappa shape index (κ3) is 2.08. The van der Waals surface area contributed by atoms with Gasteiger partial charge in [0.1, 0.15) is 31.2 Å². The first-order valence-electron chi connectivity index (χ1n) is 7.64. The van der Waals surface area contributed by atoms with Crippen LogP contribution in [0.4, 0.5) is 0 Å². The van der Waals surface area contributed by atoms with Crippen LogP contribution in [0.1, 0.15) is 5.56 Å². The largest absolute Gasteiger partial charge is 0.508 e. The van der Waals surface area contributed by atoms with Crippen LogP contribution in [0.5, 0.6) is 5.75 Å². The predicted molar refractivity (Wildman–Crippen MR) is 93.9 cm³/mol. The molecule has 23 heavy (non-hydrogen) atoms. The molecule has 0 bridgehead atoms. The number of hydrogen-bond acceptors (Lipinski definition) is 2. The summed E-state index contributed by atoms with van der Waals surface area (Å²) in [6.07, 6.45) is 0. The molecule has 1 aliphatic carbocycles. The van der Waals surface area contributed by atoms with E-state index in [1.807, 2.05) is 26.2 Å². The van der Waals surface area contributed by atoms with Crippen molar-refractivity contribution in [2.24, 2.45) is 0 Å². The van der Waals surface area contributed by atoms with Crippen LogP contribution < -0.4 is 9.93 Å². The molecule has 114 valence electrons. The van der Waals surface area contributed by atoms with Crippen molar-refractivity contribution in [3.63, 3.8) is 0 Å². The Labute approximate surface area is 134 Å². The van der Waals surface area contributed by atoms with Crippen molar-refractivity contribution >= 4 is 21.7 Å². The molecule has 1 aliphatic heterocycles. The smallest absolute Gasteiger partial charge is 0.203 e. The summed E-state index contributed by atoms with van der Waals surface area (Å²) in [5.74, 6) is 1.14. The van der Waals surface area contributed by atoms with Crippen molar-refractivity contribution in [2.75, 3.05) is 14.1 Å². The predicted octanol–water partition coefficient (Wildman–Crippen LogP) is 3.74. The van der Waals surface area contributed by atoms with Crippen molar-refractivity contribution in [1.29, 1.82) is 0 Å². The lowest BCUT2D eigenvalue weighted by Crippen LogP contribution is -2.21. The number of hydrogen-bond donors (Lipinski definition) is 1. The molecule has 0 unspecified atom stereocenters. The van der Waals surface area contributed by atoms with E-state index in [0.29, 0.717) is 0 Å². The molecule has 3 heteroatoms. The lowest BCUT2D eigenvalue weighted by Gasteiger charge is -2.13. The van der Waals surface area contributed by atoms with Crippen LogP contribution in [-0.2, 0) is 0 Å². The Hall–Kier alpha value is -2.81. The zero-order valence-electron chi connectivity index (χ0n) is 13.4. The highest BCUT2D eigenvalue weighted by atomic mass is 16.3. The van der Waals surface area contributed by atoms with Gasteiger partial charge in [0.15, 0.2) is 0 Å². The van der Waals surface area contributed by atoms with Gasteiger partial charge in [-0.3, -0.25) is 0 Å².